The van der Waals surface area contributed by atoms with Gasteiger partial charge in [-0.1, -0.05) is 0 Å². The molecule has 20 heavy (non-hydrogen) atoms. The lowest BCUT2D eigenvalue weighted by molar-refractivity contribution is -0.149. The zero-order valence-corrected chi connectivity index (χ0v) is 10.6. The van der Waals surface area contributed by atoms with Crippen molar-refractivity contribution in [2.45, 2.75) is 31.8 Å². The van der Waals surface area contributed by atoms with Crippen molar-refractivity contribution in [3.05, 3.63) is 0 Å². The molecule has 0 spiro atoms. The van der Waals surface area contributed by atoms with Crippen LogP contribution in [0.3, 0.4) is 0 Å². The Kier molecular flexibility index (Phi) is 7.18. The normalized spacial score (nSPS) is 15.1. The molecule has 0 aromatic carbocycles. The maximum atomic E-state index is 10.9. The third kappa shape index (κ3) is 6.66. The molecule has 0 saturated heterocycles. The van der Waals surface area contributed by atoms with Crippen LogP contribution < -0.4 is 10.9 Å². The highest BCUT2D eigenvalue weighted by Gasteiger charge is 2.29. The van der Waals surface area contributed by atoms with Gasteiger partial charge < -0.3 is 20.4 Å². The molecular formula is C10H16N2O8. The first-order chi connectivity index (χ1) is 9.15. The number of rotatable bonds is 10. The van der Waals surface area contributed by atoms with Gasteiger partial charge in [-0.2, -0.15) is 0 Å². The molecule has 0 aliphatic rings. The smallest absolute Gasteiger partial charge is 0.322 e. The Hall–Kier alpha value is -2.20. The molecule has 6 N–H and O–H groups in total. The van der Waals surface area contributed by atoms with Gasteiger partial charge in [-0.25, -0.2) is 5.43 Å². The minimum Gasteiger partial charge on any atom is -0.481 e. The molecule has 0 saturated carbocycles. The van der Waals surface area contributed by atoms with Crippen molar-refractivity contribution in [3.8, 4) is 0 Å². The molecule has 0 fully saturated rings. The van der Waals surface area contributed by atoms with E-state index in [1.165, 1.54) is 6.92 Å². The molecule has 0 aliphatic heterocycles. The molecule has 0 heterocycles. The van der Waals surface area contributed by atoms with Gasteiger partial charge in [0.05, 0.1) is 18.8 Å². The van der Waals surface area contributed by atoms with Crippen LogP contribution >= 0.6 is 0 Å². The number of hydrogen-bond donors (Lipinski definition) is 6. The average Bonchev–Trinajstić information content (AvgIpc) is 2.29. The van der Waals surface area contributed by atoms with Crippen LogP contribution in [0.1, 0.15) is 19.8 Å². The number of hydrazine groups is 1. The Morgan fingerprint density at radius 1 is 0.850 bits per heavy atom. The van der Waals surface area contributed by atoms with E-state index in [4.69, 9.17) is 20.4 Å². The first-order valence-corrected chi connectivity index (χ1v) is 5.55. The van der Waals surface area contributed by atoms with Gasteiger partial charge in [0, 0.05) is 6.04 Å². The van der Waals surface area contributed by atoms with E-state index in [1.807, 2.05) is 0 Å². The van der Waals surface area contributed by atoms with Crippen molar-refractivity contribution in [1.82, 2.24) is 10.9 Å². The molecule has 114 valence electrons. The molecule has 0 amide bonds. The number of carbonyl (C=O) groups is 4. The number of nitrogens with one attached hydrogen (secondary N) is 2. The summed E-state index contributed by atoms with van der Waals surface area (Å²) in [5, 5.41) is 34.7. The summed E-state index contributed by atoms with van der Waals surface area (Å²) in [5.74, 6) is -6.75. The molecule has 0 radical (unpaired) electrons. The van der Waals surface area contributed by atoms with E-state index < -0.39 is 54.7 Å². The topological polar surface area (TPSA) is 173 Å². The van der Waals surface area contributed by atoms with Crippen LogP contribution in [0.4, 0.5) is 0 Å². The van der Waals surface area contributed by atoms with Crippen LogP contribution in [0.5, 0.6) is 0 Å². The number of hydrogen-bond acceptors (Lipinski definition) is 6. The summed E-state index contributed by atoms with van der Waals surface area (Å²) in [6.45, 7) is 1.34. The van der Waals surface area contributed by atoms with E-state index >= 15 is 0 Å². The Morgan fingerprint density at radius 2 is 1.35 bits per heavy atom. The fourth-order valence-corrected chi connectivity index (χ4v) is 1.37. The molecule has 0 aromatic heterocycles. The van der Waals surface area contributed by atoms with Crippen LogP contribution in [0.15, 0.2) is 0 Å². The summed E-state index contributed by atoms with van der Waals surface area (Å²) < 4.78 is 0. The van der Waals surface area contributed by atoms with Gasteiger partial charge in [0.25, 0.3) is 0 Å². The van der Waals surface area contributed by atoms with E-state index in [0.717, 1.165) is 0 Å². The van der Waals surface area contributed by atoms with Crippen molar-refractivity contribution >= 4 is 23.9 Å². The standard InChI is InChI=1S/C10H16N2O8/c1-4(5(9(17)18)2-7(13)14)11-12-6(10(19)20)3-8(15)16/h4-6,11-12H,2-3H2,1H3,(H,13,14)(H,15,16)(H,17,18)(H,19,20)/t4-,5+,6+/m0/s1. The SMILES string of the molecule is C[C@H](NN[C@H](CC(=O)O)C(=O)O)[C@@H](CC(=O)O)C(=O)O. The lowest BCUT2D eigenvalue weighted by atomic mass is 9.98. The molecule has 0 aliphatic carbocycles. The Balaban J connectivity index is 4.58. The molecule has 0 unspecified atom stereocenters. The number of aliphatic carboxylic acids is 4. The van der Waals surface area contributed by atoms with Crippen molar-refractivity contribution in [3.63, 3.8) is 0 Å². The third-order valence-electron chi connectivity index (χ3n) is 2.48. The predicted octanol–water partition coefficient (Wildman–Crippen LogP) is -1.43. The maximum Gasteiger partial charge on any atom is 0.322 e. The summed E-state index contributed by atoms with van der Waals surface area (Å²) in [7, 11) is 0. The molecule has 0 rings (SSSR count). The summed E-state index contributed by atoms with van der Waals surface area (Å²) in [5.41, 5.74) is 4.49. The van der Waals surface area contributed by atoms with E-state index in [-0.39, 0.29) is 0 Å². The zero-order chi connectivity index (χ0) is 15.9. The van der Waals surface area contributed by atoms with Crippen LogP contribution in [0.2, 0.25) is 0 Å². The fourth-order valence-electron chi connectivity index (χ4n) is 1.37. The highest BCUT2D eigenvalue weighted by atomic mass is 16.4. The second kappa shape index (κ2) is 8.07. The van der Waals surface area contributed by atoms with Gasteiger partial charge in [-0.3, -0.25) is 24.6 Å². The van der Waals surface area contributed by atoms with E-state index in [0.29, 0.717) is 0 Å². The lowest BCUT2D eigenvalue weighted by Gasteiger charge is -2.22. The molecule has 10 nitrogen and oxygen atoms in total. The monoisotopic (exact) mass is 292 g/mol. The number of carboxylic acid groups (broad SMARTS) is 4. The first kappa shape index (κ1) is 17.8. The lowest BCUT2D eigenvalue weighted by Crippen LogP contribution is -2.53. The summed E-state index contributed by atoms with van der Waals surface area (Å²) in [6, 6.07) is -2.38. The average molecular weight is 292 g/mol. The molecule has 0 bridgehead atoms. The Morgan fingerprint density at radius 3 is 1.70 bits per heavy atom. The van der Waals surface area contributed by atoms with E-state index in [1.54, 1.807) is 0 Å². The van der Waals surface area contributed by atoms with Crippen LogP contribution in [0.25, 0.3) is 0 Å². The van der Waals surface area contributed by atoms with Gasteiger partial charge in [-0.15, -0.1) is 0 Å². The molecule has 10 heteroatoms. The summed E-state index contributed by atoms with van der Waals surface area (Å²) >= 11 is 0. The largest absolute Gasteiger partial charge is 0.481 e. The van der Waals surface area contributed by atoms with Gasteiger partial charge >= 0.3 is 23.9 Å². The summed E-state index contributed by atoms with van der Waals surface area (Å²) in [6.07, 6.45) is -1.37. The molecular weight excluding hydrogens is 276 g/mol. The van der Waals surface area contributed by atoms with Crippen LogP contribution in [-0.2, 0) is 19.2 Å². The first-order valence-electron chi connectivity index (χ1n) is 5.55. The number of carboxylic acids is 4. The second-order valence-electron chi connectivity index (χ2n) is 4.11. The summed E-state index contributed by atoms with van der Waals surface area (Å²) in [4.78, 5) is 42.6. The van der Waals surface area contributed by atoms with Crippen molar-refractivity contribution < 1.29 is 39.6 Å². The Bertz CT molecular complexity index is 397. The third-order valence-corrected chi connectivity index (χ3v) is 2.48. The Labute approximate surface area is 113 Å². The minimum atomic E-state index is -1.46. The molecule has 0 aromatic rings. The second-order valence-corrected chi connectivity index (χ2v) is 4.11. The zero-order valence-electron chi connectivity index (χ0n) is 10.6. The molecule has 3 atom stereocenters. The van der Waals surface area contributed by atoms with Crippen molar-refractivity contribution in [2.75, 3.05) is 0 Å². The minimum absolute atomic E-state index is 0.651. The van der Waals surface area contributed by atoms with Crippen LogP contribution in [0, 0.1) is 5.92 Å². The van der Waals surface area contributed by atoms with E-state index in [2.05, 4.69) is 10.9 Å². The van der Waals surface area contributed by atoms with E-state index in [9.17, 15) is 19.2 Å². The predicted molar refractivity (Wildman–Crippen MR) is 62.8 cm³/mol. The quantitative estimate of drug-likeness (QED) is 0.262. The van der Waals surface area contributed by atoms with Gasteiger partial charge in [0.1, 0.15) is 6.04 Å². The van der Waals surface area contributed by atoms with Crippen molar-refractivity contribution in [2.24, 2.45) is 5.92 Å². The van der Waals surface area contributed by atoms with Crippen LogP contribution in [-0.4, -0.2) is 56.4 Å². The maximum absolute atomic E-state index is 10.9. The van der Waals surface area contributed by atoms with Gasteiger partial charge in [-0.05, 0) is 6.92 Å². The highest BCUT2D eigenvalue weighted by molar-refractivity contribution is 5.80. The van der Waals surface area contributed by atoms with Gasteiger partial charge in [0.15, 0.2) is 0 Å². The van der Waals surface area contributed by atoms with Gasteiger partial charge in [0.2, 0.25) is 0 Å². The fraction of sp³-hybridized carbons (Fsp3) is 0.600. The highest BCUT2D eigenvalue weighted by Crippen LogP contribution is 2.09. The van der Waals surface area contributed by atoms with Crippen molar-refractivity contribution in [1.29, 1.82) is 0 Å².